The molecule has 0 bridgehead atoms. The molecule has 88 valence electrons. The Bertz CT molecular complexity index is 430. The number of aryl methyl sites for hydroxylation is 1. The highest BCUT2D eigenvalue weighted by atomic mass is 19.4. The zero-order chi connectivity index (χ0) is 12.5. The number of ether oxygens (including phenoxy) is 1. The second kappa shape index (κ2) is 3.95. The summed E-state index contributed by atoms with van der Waals surface area (Å²) >= 11 is 0. The molecule has 0 heterocycles. The van der Waals surface area contributed by atoms with Crippen molar-refractivity contribution in [2.75, 3.05) is 0 Å². The molecular formula is C8H5F4NO3. The molecule has 0 atom stereocenters. The van der Waals surface area contributed by atoms with Crippen LogP contribution in [0.2, 0.25) is 0 Å². The van der Waals surface area contributed by atoms with Crippen molar-refractivity contribution >= 4 is 5.69 Å². The van der Waals surface area contributed by atoms with Crippen LogP contribution in [0.15, 0.2) is 12.1 Å². The van der Waals surface area contributed by atoms with Crippen LogP contribution in [0, 0.1) is 22.9 Å². The first-order valence-corrected chi connectivity index (χ1v) is 3.91. The van der Waals surface area contributed by atoms with Crippen molar-refractivity contribution in [3.8, 4) is 5.75 Å². The maximum atomic E-state index is 13.2. The average Bonchev–Trinajstić information content (AvgIpc) is 2.10. The van der Waals surface area contributed by atoms with E-state index in [2.05, 4.69) is 4.74 Å². The first-order chi connectivity index (χ1) is 7.22. The van der Waals surface area contributed by atoms with E-state index in [0.29, 0.717) is 0 Å². The Labute approximate surface area is 86.6 Å². The van der Waals surface area contributed by atoms with Crippen LogP contribution in [0.3, 0.4) is 0 Å². The smallest absolute Gasteiger partial charge is 0.402 e. The van der Waals surface area contributed by atoms with Gasteiger partial charge in [0.05, 0.1) is 4.92 Å². The molecule has 8 heteroatoms. The number of hydrogen-bond acceptors (Lipinski definition) is 3. The van der Waals surface area contributed by atoms with E-state index in [1.165, 1.54) is 0 Å². The fraction of sp³-hybridized carbons (Fsp3) is 0.250. The third-order valence-corrected chi connectivity index (χ3v) is 1.69. The largest absolute Gasteiger partial charge is 0.573 e. The molecule has 1 aromatic rings. The fourth-order valence-electron chi connectivity index (χ4n) is 1.02. The van der Waals surface area contributed by atoms with Gasteiger partial charge in [-0.1, -0.05) is 0 Å². The summed E-state index contributed by atoms with van der Waals surface area (Å²) < 4.78 is 52.2. The summed E-state index contributed by atoms with van der Waals surface area (Å²) in [5.74, 6) is -2.82. The van der Waals surface area contributed by atoms with Crippen molar-refractivity contribution in [2.24, 2.45) is 0 Å². The molecule has 0 saturated carbocycles. The van der Waals surface area contributed by atoms with E-state index in [1.807, 2.05) is 0 Å². The Balaban J connectivity index is 3.27. The van der Waals surface area contributed by atoms with E-state index in [-0.39, 0.29) is 5.56 Å². The molecule has 0 aliphatic carbocycles. The van der Waals surface area contributed by atoms with Crippen LogP contribution >= 0.6 is 0 Å². The summed E-state index contributed by atoms with van der Waals surface area (Å²) in [4.78, 5) is 9.15. The van der Waals surface area contributed by atoms with Crippen LogP contribution in [0.1, 0.15) is 5.56 Å². The fourth-order valence-corrected chi connectivity index (χ4v) is 1.02. The molecule has 16 heavy (non-hydrogen) atoms. The number of rotatable bonds is 2. The zero-order valence-electron chi connectivity index (χ0n) is 7.84. The lowest BCUT2D eigenvalue weighted by Crippen LogP contribution is -2.19. The molecule has 0 saturated heterocycles. The SMILES string of the molecule is Cc1ccc([N+](=O)[O-])c(F)c1OC(F)(F)F. The summed E-state index contributed by atoms with van der Waals surface area (Å²) in [7, 11) is 0. The summed E-state index contributed by atoms with van der Waals surface area (Å²) in [6.45, 7) is 1.15. The van der Waals surface area contributed by atoms with Gasteiger partial charge in [0, 0.05) is 6.07 Å². The third-order valence-electron chi connectivity index (χ3n) is 1.69. The van der Waals surface area contributed by atoms with Crippen LogP contribution in [0.25, 0.3) is 0 Å². The predicted octanol–water partition coefficient (Wildman–Crippen LogP) is 2.94. The number of hydrogen-bond donors (Lipinski definition) is 0. The summed E-state index contributed by atoms with van der Waals surface area (Å²) in [6.07, 6.45) is -5.10. The lowest BCUT2D eigenvalue weighted by atomic mass is 10.2. The van der Waals surface area contributed by atoms with Crippen LogP contribution < -0.4 is 4.74 Å². The van der Waals surface area contributed by atoms with E-state index in [9.17, 15) is 27.7 Å². The molecule has 0 unspecified atom stereocenters. The molecular weight excluding hydrogens is 234 g/mol. The van der Waals surface area contributed by atoms with Gasteiger partial charge in [-0.15, -0.1) is 13.2 Å². The summed E-state index contributed by atoms with van der Waals surface area (Å²) in [5, 5.41) is 10.3. The lowest BCUT2D eigenvalue weighted by molar-refractivity contribution is -0.387. The second-order valence-corrected chi connectivity index (χ2v) is 2.85. The van der Waals surface area contributed by atoms with Gasteiger partial charge in [0.15, 0.2) is 5.75 Å². The summed E-state index contributed by atoms with van der Waals surface area (Å²) in [6, 6.07) is 1.75. The zero-order valence-corrected chi connectivity index (χ0v) is 7.84. The quantitative estimate of drug-likeness (QED) is 0.453. The molecule has 0 fully saturated rings. The summed E-state index contributed by atoms with van der Waals surface area (Å²) in [5.41, 5.74) is -1.25. The number of alkyl halides is 3. The minimum absolute atomic E-state index is 0.180. The highest BCUT2D eigenvalue weighted by Crippen LogP contribution is 2.33. The van der Waals surface area contributed by atoms with Crippen molar-refractivity contribution in [3.63, 3.8) is 0 Å². The van der Waals surface area contributed by atoms with Gasteiger partial charge in [-0.2, -0.15) is 4.39 Å². The van der Waals surface area contributed by atoms with Gasteiger partial charge in [-0.25, -0.2) is 0 Å². The Hall–Kier alpha value is -1.86. The number of halogens is 4. The molecule has 0 spiro atoms. The first kappa shape index (κ1) is 12.2. The molecule has 1 aromatic carbocycles. The van der Waals surface area contributed by atoms with Crippen molar-refractivity contribution < 1.29 is 27.2 Å². The van der Waals surface area contributed by atoms with E-state index < -0.39 is 28.5 Å². The number of nitro groups is 1. The van der Waals surface area contributed by atoms with Gasteiger partial charge in [-0.3, -0.25) is 10.1 Å². The second-order valence-electron chi connectivity index (χ2n) is 2.85. The first-order valence-electron chi connectivity index (χ1n) is 3.91. The number of nitrogens with zero attached hydrogens (tertiary/aromatic N) is 1. The van der Waals surface area contributed by atoms with Crippen molar-refractivity contribution in [1.82, 2.24) is 0 Å². The molecule has 4 nitrogen and oxygen atoms in total. The van der Waals surface area contributed by atoms with Gasteiger partial charge in [0.1, 0.15) is 0 Å². The molecule has 0 aliphatic heterocycles. The molecule has 0 aromatic heterocycles. The number of nitro benzene ring substituents is 1. The van der Waals surface area contributed by atoms with Crippen molar-refractivity contribution in [1.29, 1.82) is 0 Å². The minimum Gasteiger partial charge on any atom is -0.402 e. The number of benzene rings is 1. The van der Waals surface area contributed by atoms with Gasteiger partial charge < -0.3 is 4.74 Å². The Morgan fingerprint density at radius 2 is 1.94 bits per heavy atom. The molecule has 0 aliphatic rings. The Kier molecular flexibility index (Phi) is 3.02. The van der Waals surface area contributed by atoms with E-state index in [1.54, 1.807) is 0 Å². The Morgan fingerprint density at radius 1 is 1.38 bits per heavy atom. The maximum absolute atomic E-state index is 13.2. The Morgan fingerprint density at radius 3 is 2.38 bits per heavy atom. The molecule has 1 rings (SSSR count). The van der Waals surface area contributed by atoms with Crippen LogP contribution in [0.5, 0.6) is 5.75 Å². The van der Waals surface area contributed by atoms with Crippen LogP contribution in [-0.2, 0) is 0 Å². The maximum Gasteiger partial charge on any atom is 0.573 e. The van der Waals surface area contributed by atoms with Crippen molar-refractivity contribution in [3.05, 3.63) is 33.6 Å². The van der Waals surface area contributed by atoms with Gasteiger partial charge in [0.25, 0.3) is 0 Å². The van der Waals surface area contributed by atoms with Crippen LogP contribution in [0.4, 0.5) is 23.2 Å². The van der Waals surface area contributed by atoms with Crippen molar-refractivity contribution in [2.45, 2.75) is 13.3 Å². The minimum atomic E-state index is -5.10. The van der Waals surface area contributed by atoms with Gasteiger partial charge in [0.2, 0.25) is 5.82 Å². The monoisotopic (exact) mass is 239 g/mol. The molecule has 0 amide bonds. The highest BCUT2D eigenvalue weighted by Gasteiger charge is 2.35. The van der Waals surface area contributed by atoms with E-state index in [4.69, 9.17) is 0 Å². The third kappa shape index (κ3) is 2.59. The van der Waals surface area contributed by atoms with E-state index >= 15 is 0 Å². The standard InChI is InChI=1S/C8H5F4NO3/c1-4-2-3-5(13(14)15)6(9)7(4)16-8(10,11)12/h2-3H,1H3. The normalized spacial score (nSPS) is 11.3. The average molecular weight is 239 g/mol. The highest BCUT2D eigenvalue weighted by molar-refractivity contribution is 5.45. The van der Waals surface area contributed by atoms with Gasteiger partial charge >= 0.3 is 12.0 Å². The van der Waals surface area contributed by atoms with Gasteiger partial charge in [-0.05, 0) is 18.6 Å². The lowest BCUT2D eigenvalue weighted by Gasteiger charge is -2.11. The topological polar surface area (TPSA) is 52.4 Å². The molecule has 0 radical (unpaired) electrons. The van der Waals surface area contributed by atoms with Crippen LogP contribution in [-0.4, -0.2) is 11.3 Å². The molecule has 0 N–H and O–H groups in total. The predicted molar refractivity (Wildman–Crippen MR) is 44.5 cm³/mol. The van der Waals surface area contributed by atoms with E-state index in [0.717, 1.165) is 19.1 Å².